The summed E-state index contributed by atoms with van der Waals surface area (Å²) in [6.07, 6.45) is 0.856. The van der Waals surface area contributed by atoms with E-state index < -0.39 is 0 Å². The number of carbonyl (C=O) groups is 1. The zero-order chi connectivity index (χ0) is 21.6. The Labute approximate surface area is 183 Å². The van der Waals surface area contributed by atoms with Crippen molar-refractivity contribution in [3.63, 3.8) is 0 Å². The van der Waals surface area contributed by atoms with Crippen molar-refractivity contribution >= 4 is 22.5 Å². The van der Waals surface area contributed by atoms with Gasteiger partial charge in [0.15, 0.2) is 0 Å². The number of rotatable bonds is 7. The molecule has 0 saturated carbocycles. The summed E-state index contributed by atoms with van der Waals surface area (Å²) in [5, 5.41) is 3.95. The SMILES string of the molecule is CCCOc1nc2ccccc2cc1C(=O)NCc1ccc(N2CCN(C)CC2)cc1. The van der Waals surface area contributed by atoms with Crippen LogP contribution in [0.2, 0.25) is 0 Å². The molecule has 0 aliphatic carbocycles. The lowest BCUT2D eigenvalue weighted by atomic mass is 10.1. The number of para-hydroxylation sites is 1. The maximum Gasteiger partial charge on any atom is 0.257 e. The van der Waals surface area contributed by atoms with E-state index in [4.69, 9.17) is 4.74 Å². The number of nitrogens with zero attached hydrogens (tertiary/aromatic N) is 3. The number of ether oxygens (including phenoxy) is 1. The molecule has 6 heteroatoms. The van der Waals surface area contributed by atoms with Crippen molar-refractivity contribution in [3.8, 4) is 5.88 Å². The summed E-state index contributed by atoms with van der Waals surface area (Å²) >= 11 is 0. The molecular weight excluding hydrogens is 388 g/mol. The second-order valence-corrected chi connectivity index (χ2v) is 8.02. The second kappa shape index (κ2) is 9.79. The van der Waals surface area contributed by atoms with Gasteiger partial charge in [0.05, 0.1) is 12.1 Å². The first kappa shape index (κ1) is 21.1. The zero-order valence-corrected chi connectivity index (χ0v) is 18.3. The summed E-state index contributed by atoms with van der Waals surface area (Å²) in [6, 6.07) is 18.1. The quantitative estimate of drug-likeness (QED) is 0.634. The summed E-state index contributed by atoms with van der Waals surface area (Å²) in [5.41, 5.74) is 3.60. The van der Waals surface area contributed by atoms with Crippen LogP contribution in [0.4, 0.5) is 5.69 Å². The van der Waals surface area contributed by atoms with Crippen LogP contribution in [-0.4, -0.2) is 55.6 Å². The van der Waals surface area contributed by atoms with Crippen LogP contribution in [0, 0.1) is 0 Å². The van der Waals surface area contributed by atoms with Crippen molar-refractivity contribution < 1.29 is 9.53 Å². The molecule has 0 spiro atoms. The van der Waals surface area contributed by atoms with E-state index in [0.717, 1.165) is 49.1 Å². The summed E-state index contributed by atoms with van der Waals surface area (Å²) in [5.74, 6) is 0.218. The standard InChI is InChI=1S/C25H30N4O2/c1-3-16-31-25-22(17-20-6-4-5-7-23(20)27-25)24(30)26-18-19-8-10-21(11-9-19)29-14-12-28(2)13-15-29/h4-11,17H,3,12-16,18H2,1-2H3,(H,26,30). The summed E-state index contributed by atoms with van der Waals surface area (Å²) in [6.45, 7) is 7.28. The Hall–Kier alpha value is -3.12. The normalized spacial score (nSPS) is 14.6. The van der Waals surface area contributed by atoms with E-state index in [1.165, 1.54) is 5.69 Å². The molecule has 0 bridgehead atoms. The molecule has 0 unspecified atom stereocenters. The molecule has 2 heterocycles. The fourth-order valence-corrected chi connectivity index (χ4v) is 3.74. The molecule has 2 aromatic carbocycles. The molecule has 162 valence electrons. The first-order chi connectivity index (χ1) is 15.1. The monoisotopic (exact) mass is 418 g/mol. The molecule has 31 heavy (non-hydrogen) atoms. The first-order valence-corrected chi connectivity index (χ1v) is 11.0. The van der Waals surface area contributed by atoms with Crippen LogP contribution in [0.25, 0.3) is 10.9 Å². The second-order valence-electron chi connectivity index (χ2n) is 8.02. The minimum absolute atomic E-state index is 0.174. The lowest BCUT2D eigenvalue weighted by Crippen LogP contribution is -2.44. The van der Waals surface area contributed by atoms with Crippen LogP contribution in [-0.2, 0) is 6.54 Å². The van der Waals surface area contributed by atoms with Gasteiger partial charge in [-0.15, -0.1) is 0 Å². The molecule has 3 aromatic rings. The van der Waals surface area contributed by atoms with Crippen LogP contribution in [0.5, 0.6) is 5.88 Å². The van der Waals surface area contributed by atoms with E-state index in [0.29, 0.717) is 24.6 Å². The number of anilines is 1. The lowest BCUT2D eigenvalue weighted by molar-refractivity contribution is 0.0946. The fourth-order valence-electron chi connectivity index (χ4n) is 3.74. The van der Waals surface area contributed by atoms with Crippen LogP contribution < -0.4 is 15.0 Å². The van der Waals surface area contributed by atoms with Gasteiger partial charge in [0, 0.05) is 43.8 Å². The lowest BCUT2D eigenvalue weighted by Gasteiger charge is -2.34. The van der Waals surface area contributed by atoms with Crippen LogP contribution in [0.3, 0.4) is 0 Å². The molecule has 0 atom stereocenters. The predicted molar refractivity (Wildman–Crippen MR) is 125 cm³/mol. The Balaban J connectivity index is 1.44. The molecule has 1 aliphatic rings. The summed E-state index contributed by atoms with van der Waals surface area (Å²) in [7, 11) is 2.16. The van der Waals surface area contributed by atoms with Crippen molar-refractivity contribution in [3.05, 3.63) is 65.7 Å². The van der Waals surface area contributed by atoms with Crippen molar-refractivity contribution in [1.82, 2.24) is 15.2 Å². The third kappa shape index (κ3) is 5.14. The van der Waals surface area contributed by atoms with E-state index in [1.807, 2.05) is 37.3 Å². The molecule has 1 aliphatic heterocycles. The average Bonchev–Trinajstić information content (AvgIpc) is 2.81. The van der Waals surface area contributed by atoms with Gasteiger partial charge in [0.2, 0.25) is 5.88 Å². The Morgan fingerprint density at radius 1 is 1.06 bits per heavy atom. The summed E-state index contributed by atoms with van der Waals surface area (Å²) < 4.78 is 5.78. The fraction of sp³-hybridized carbons (Fsp3) is 0.360. The van der Waals surface area contributed by atoms with Crippen molar-refractivity contribution in [1.29, 1.82) is 0 Å². The van der Waals surface area contributed by atoms with Gasteiger partial charge in [-0.1, -0.05) is 37.3 Å². The minimum Gasteiger partial charge on any atom is -0.477 e. The van der Waals surface area contributed by atoms with Crippen LogP contribution in [0.15, 0.2) is 54.6 Å². The largest absolute Gasteiger partial charge is 0.477 e. The Kier molecular flexibility index (Phi) is 6.67. The highest BCUT2D eigenvalue weighted by atomic mass is 16.5. The van der Waals surface area contributed by atoms with Gasteiger partial charge in [-0.3, -0.25) is 4.79 Å². The third-order valence-electron chi connectivity index (χ3n) is 5.63. The Morgan fingerprint density at radius 2 is 1.81 bits per heavy atom. The van der Waals surface area contributed by atoms with E-state index in [2.05, 4.69) is 51.4 Å². The van der Waals surface area contributed by atoms with Gasteiger partial charge < -0.3 is 19.9 Å². The van der Waals surface area contributed by atoms with Gasteiger partial charge in [0.1, 0.15) is 5.56 Å². The molecule has 6 nitrogen and oxygen atoms in total. The molecule has 0 radical (unpaired) electrons. The maximum absolute atomic E-state index is 12.9. The van der Waals surface area contributed by atoms with Crippen LogP contribution >= 0.6 is 0 Å². The molecule has 1 saturated heterocycles. The smallest absolute Gasteiger partial charge is 0.257 e. The van der Waals surface area contributed by atoms with Crippen LogP contribution in [0.1, 0.15) is 29.3 Å². The van der Waals surface area contributed by atoms with Gasteiger partial charge in [-0.2, -0.15) is 0 Å². The number of hydrogen-bond acceptors (Lipinski definition) is 5. The maximum atomic E-state index is 12.9. The van der Waals surface area contributed by atoms with E-state index >= 15 is 0 Å². The number of benzene rings is 2. The van der Waals surface area contributed by atoms with Gasteiger partial charge in [0.25, 0.3) is 5.91 Å². The highest BCUT2D eigenvalue weighted by Gasteiger charge is 2.17. The Bertz CT molecular complexity index is 1030. The van der Waals surface area contributed by atoms with E-state index in [9.17, 15) is 4.79 Å². The molecule has 1 fully saturated rings. The number of fused-ring (bicyclic) bond motifs is 1. The number of piperazine rings is 1. The first-order valence-electron chi connectivity index (χ1n) is 11.0. The predicted octanol–water partition coefficient (Wildman–Crippen LogP) is 3.71. The number of likely N-dealkylation sites (N-methyl/N-ethyl adjacent to an activating group) is 1. The molecule has 1 amide bonds. The molecule has 1 aromatic heterocycles. The molecular formula is C25H30N4O2. The van der Waals surface area contributed by atoms with Crippen molar-refractivity contribution in [2.45, 2.75) is 19.9 Å². The van der Waals surface area contributed by atoms with E-state index in [1.54, 1.807) is 0 Å². The average molecular weight is 419 g/mol. The topological polar surface area (TPSA) is 57.7 Å². The van der Waals surface area contributed by atoms with E-state index in [-0.39, 0.29) is 5.91 Å². The van der Waals surface area contributed by atoms with Crippen molar-refractivity contribution in [2.75, 3.05) is 44.7 Å². The number of carbonyl (C=O) groups excluding carboxylic acids is 1. The zero-order valence-electron chi connectivity index (χ0n) is 18.3. The third-order valence-corrected chi connectivity index (χ3v) is 5.63. The van der Waals surface area contributed by atoms with Gasteiger partial charge >= 0.3 is 0 Å². The number of pyridine rings is 1. The number of amides is 1. The highest BCUT2D eigenvalue weighted by Crippen LogP contribution is 2.23. The van der Waals surface area contributed by atoms with Gasteiger partial charge in [-0.25, -0.2) is 4.98 Å². The van der Waals surface area contributed by atoms with Gasteiger partial charge in [-0.05, 0) is 43.3 Å². The number of nitrogens with one attached hydrogen (secondary N) is 1. The minimum atomic E-state index is -0.174. The Morgan fingerprint density at radius 3 is 2.55 bits per heavy atom. The van der Waals surface area contributed by atoms with Crippen molar-refractivity contribution in [2.24, 2.45) is 0 Å². The molecule has 4 rings (SSSR count). The highest BCUT2D eigenvalue weighted by molar-refractivity contribution is 5.99. The summed E-state index contributed by atoms with van der Waals surface area (Å²) in [4.78, 5) is 22.3. The number of aromatic nitrogens is 1. The molecule has 1 N–H and O–H groups in total. The number of hydrogen-bond donors (Lipinski definition) is 1.